The topological polar surface area (TPSA) is 109 Å². The number of amides is 2. The fraction of sp³-hybridized carbons (Fsp3) is 0.469. The zero-order chi connectivity index (χ0) is 34.6. The lowest BCUT2D eigenvalue weighted by Gasteiger charge is -2.44. The molecule has 2 amide bonds. The molecule has 2 aromatic heterocycles. The highest BCUT2D eigenvalue weighted by Gasteiger charge is 2.39. The van der Waals surface area contributed by atoms with Gasteiger partial charge in [-0.3, -0.25) is 18.9 Å². The lowest BCUT2D eigenvalue weighted by molar-refractivity contribution is -0.0329. The van der Waals surface area contributed by atoms with E-state index in [0.29, 0.717) is 19.8 Å². The van der Waals surface area contributed by atoms with Crippen LogP contribution in [0, 0.1) is 23.6 Å². The Hall–Kier alpha value is -4.07. The molecular formula is C32H35F5N6O4S. The van der Waals surface area contributed by atoms with Crippen LogP contribution in [0.15, 0.2) is 35.6 Å². The first kappa shape index (κ1) is 35.2. The van der Waals surface area contributed by atoms with Crippen molar-refractivity contribution < 1.29 is 41.0 Å². The lowest BCUT2D eigenvalue weighted by Crippen LogP contribution is -2.59. The molecule has 0 bridgehead atoms. The first-order valence-corrected chi connectivity index (χ1v) is 16.1. The molecule has 2 fully saturated rings. The molecule has 48 heavy (non-hydrogen) atoms. The fourth-order valence-electron chi connectivity index (χ4n) is 6.01. The third-order valence-corrected chi connectivity index (χ3v) is 9.08. The Morgan fingerprint density at radius 3 is 2.56 bits per heavy atom. The van der Waals surface area contributed by atoms with Crippen LogP contribution in [-0.4, -0.2) is 96.9 Å². The number of likely N-dealkylation sites (tertiary alicyclic amines) is 1. The van der Waals surface area contributed by atoms with Gasteiger partial charge in [0.1, 0.15) is 22.8 Å². The highest BCUT2D eigenvalue weighted by Crippen LogP contribution is 2.37. The summed E-state index contributed by atoms with van der Waals surface area (Å²) in [5, 5.41) is 7.72. The van der Waals surface area contributed by atoms with Gasteiger partial charge in [0.15, 0.2) is 5.65 Å². The highest BCUT2D eigenvalue weighted by atomic mass is 32.2. The molecule has 5 rings (SSSR count). The van der Waals surface area contributed by atoms with Crippen LogP contribution in [0.2, 0.25) is 0 Å². The second-order valence-corrected chi connectivity index (χ2v) is 12.6. The molecule has 16 heteroatoms. The molecule has 0 unspecified atom stereocenters. The number of pyridine rings is 1. The van der Waals surface area contributed by atoms with E-state index in [1.54, 1.807) is 0 Å². The molecule has 0 saturated carbocycles. The van der Waals surface area contributed by atoms with Gasteiger partial charge in [0.05, 0.1) is 42.7 Å². The van der Waals surface area contributed by atoms with E-state index in [2.05, 4.69) is 37.7 Å². The summed E-state index contributed by atoms with van der Waals surface area (Å²) in [6, 6.07) is 3.09. The Balaban J connectivity index is 1.38. The van der Waals surface area contributed by atoms with Crippen molar-refractivity contribution in [3.63, 3.8) is 0 Å². The number of aromatic nitrogens is 2. The number of methoxy groups -OCH3 is 1. The van der Waals surface area contributed by atoms with Gasteiger partial charge in [-0.2, -0.15) is 13.2 Å². The number of anilines is 1. The molecule has 3 N–H and O–H groups in total. The van der Waals surface area contributed by atoms with Crippen LogP contribution >= 0.6 is 11.8 Å². The molecule has 3 aromatic rings. The minimum absolute atomic E-state index is 0.0398. The number of fused-ring (bicyclic) bond motifs is 1. The van der Waals surface area contributed by atoms with Crippen LogP contribution < -0.4 is 20.7 Å². The summed E-state index contributed by atoms with van der Waals surface area (Å²) in [5.41, 5.74) is -4.55. The van der Waals surface area contributed by atoms with Gasteiger partial charge in [-0.25, -0.2) is 13.8 Å². The van der Waals surface area contributed by atoms with Crippen molar-refractivity contribution in [1.82, 2.24) is 24.9 Å². The van der Waals surface area contributed by atoms with Crippen LogP contribution in [0.5, 0.6) is 5.75 Å². The second kappa shape index (κ2) is 15.0. The molecule has 10 nitrogen and oxygen atoms in total. The van der Waals surface area contributed by atoms with Crippen molar-refractivity contribution in [1.29, 1.82) is 0 Å². The summed E-state index contributed by atoms with van der Waals surface area (Å²) < 4.78 is 82.0. The maximum Gasteiger partial charge on any atom is 0.447 e. The molecule has 1 aromatic carbocycles. The predicted octanol–water partition coefficient (Wildman–Crippen LogP) is 4.48. The molecule has 258 valence electrons. The van der Waals surface area contributed by atoms with Gasteiger partial charge in [0.2, 0.25) is 0 Å². The summed E-state index contributed by atoms with van der Waals surface area (Å²) in [4.78, 5) is 31.7. The number of benzene rings is 1. The van der Waals surface area contributed by atoms with Crippen molar-refractivity contribution in [2.75, 3.05) is 52.3 Å². The molecule has 2 saturated heterocycles. The SMILES string of the molecule is CNC(=O)c1cc(OC)c(NCC#Cc2cc(C(=O)N[C@@H]3[C@@H](C)CN(C4CCOCC4)C[C@@H]3F)c3ncc(SC(F)(F)F)n3c2)cc1F. The van der Waals surface area contributed by atoms with E-state index < -0.39 is 47.1 Å². The average Bonchev–Trinajstić information content (AvgIpc) is 3.45. The minimum atomic E-state index is -4.62. The standard InChI is InChI=1S/C32H35F5N6O4S/c1-18-15-42(20-6-9-47-10-7-20)17-24(34)28(18)41-31(45)22-11-19(16-43-27(14-40-29(22)43)48-32(35,36)37)5-4-8-39-25-13-23(33)21(30(44)38-2)12-26(25)46-3/h11-14,16,18,20,24,28,39H,6-10,15,17H2,1-3H3,(H,38,44)(H,41,45)/t18-,24-,28+/m0/s1. The quantitative estimate of drug-likeness (QED) is 0.180. The number of thioether (sulfide) groups is 1. The monoisotopic (exact) mass is 694 g/mol. The first-order chi connectivity index (χ1) is 22.9. The third kappa shape index (κ3) is 8.13. The Kier molecular flexibility index (Phi) is 11.0. The number of carbonyl (C=O) groups is 2. The smallest absolute Gasteiger partial charge is 0.447 e. The average molecular weight is 695 g/mol. The summed E-state index contributed by atoms with van der Waals surface area (Å²) in [7, 11) is 2.72. The first-order valence-electron chi connectivity index (χ1n) is 15.2. The Labute approximate surface area is 278 Å². The van der Waals surface area contributed by atoms with Crippen molar-refractivity contribution in [3.8, 4) is 17.6 Å². The summed E-state index contributed by atoms with van der Waals surface area (Å²) in [6.45, 7) is 3.75. The molecule has 2 aliphatic heterocycles. The van der Waals surface area contributed by atoms with E-state index in [0.717, 1.165) is 29.5 Å². The van der Waals surface area contributed by atoms with Crippen LogP contribution in [-0.2, 0) is 4.74 Å². The number of hydrogen-bond acceptors (Lipinski definition) is 8. The van der Waals surface area contributed by atoms with E-state index in [1.165, 1.54) is 32.5 Å². The maximum absolute atomic E-state index is 15.5. The predicted molar refractivity (Wildman–Crippen MR) is 170 cm³/mol. The van der Waals surface area contributed by atoms with Crippen molar-refractivity contribution in [2.45, 2.75) is 48.6 Å². The lowest BCUT2D eigenvalue weighted by atomic mass is 9.90. The number of carbonyl (C=O) groups excluding carboxylic acids is 2. The van der Waals surface area contributed by atoms with Crippen LogP contribution in [0.25, 0.3) is 5.65 Å². The highest BCUT2D eigenvalue weighted by molar-refractivity contribution is 8.00. The van der Waals surface area contributed by atoms with Crippen molar-refractivity contribution in [2.24, 2.45) is 5.92 Å². The number of rotatable bonds is 8. The van der Waals surface area contributed by atoms with Gasteiger partial charge < -0.3 is 25.4 Å². The van der Waals surface area contributed by atoms with E-state index in [9.17, 15) is 27.2 Å². The maximum atomic E-state index is 15.5. The number of ether oxygens (including phenoxy) is 2. The molecule has 3 atom stereocenters. The van der Waals surface area contributed by atoms with E-state index in [1.807, 2.05) is 6.92 Å². The van der Waals surface area contributed by atoms with Crippen LogP contribution in [0.3, 0.4) is 0 Å². The number of hydrogen-bond donors (Lipinski definition) is 3. The third-order valence-electron chi connectivity index (χ3n) is 8.34. The molecule has 0 aliphatic carbocycles. The minimum Gasteiger partial charge on any atom is -0.495 e. The fourth-order valence-corrected chi connectivity index (χ4v) is 6.59. The van der Waals surface area contributed by atoms with Gasteiger partial charge in [0.25, 0.3) is 11.8 Å². The normalized spacial score (nSPS) is 20.5. The Bertz CT molecular complexity index is 1710. The second-order valence-electron chi connectivity index (χ2n) is 11.5. The van der Waals surface area contributed by atoms with Gasteiger partial charge in [-0.05, 0) is 30.9 Å². The number of piperidine rings is 1. The molecular weight excluding hydrogens is 659 g/mol. The molecule has 4 heterocycles. The summed E-state index contributed by atoms with van der Waals surface area (Å²) in [6.07, 6.45) is 2.59. The van der Waals surface area contributed by atoms with Crippen molar-refractivity contribution in [3.05, 3.63) is 53.1 Å². The summed E-state index contributed by atoms with van der Waals surface area (Å²) >= 11 is -0.392. The largest absolute Gasteiger partial charge is 0.495 e. The number of alkyl halides is 4. The Morgan fingerprint density at radius 1 is 1.15 bits per heavy atom. The van der Waals surface area contributed by atoms with Crippen LogP contribution in [0.4, 0.5) is 27.6 Å². The van der Waals surface area contributed by atoms with Gasteiger partial charge in [0, 0.05) is 69.0 Å². The number of imidazole rings is 1. The molecule has 0 radical (unpaired) electrons. The number of nitrogens with zero attached hydrogens (tertiary/aromatic N) is 3. The number of halogens is 5. The van der Waals surface area contributed by atoms with E-state index >= 15 is 4.39 Å². The molecule has 0 spiro atoms. The van der Waals surface area contributed by atoms with Gasteiger partial charge in [-0.15, -0.1) is 0 Å². The molecule has 2 aliphatic rings. The Morgan fingerprint density at radius 2 is 1.90 bits per heavy atom. The van der Waals surface area contributed by atoms with E-state index in [4.69, 9.17) is 9.47 Å². The van der Waals surface area contributed by atoms with Gasteiger partial charge >= 0.3 is 5.51 Å². The van der Waals surface area contributed by atoms with Gasteiger partial charge in [-0.1, -0.05) is 18.8 Å². The number of nitrogens with one attached hydrogen (secondary N) is 3. The van der Waals surface area contributed by atoms with Crippen molar-refractivity contribution >= 4 is 34.9 Å². The summed E-state index contributed by atoms with van der Waals surface area (Å²) in [5.74, 6) is 3.45. The zero-order valence-electron chi connectivity index (χ0n) is 26.4. The van der Waals surface area contributed by atoms with Crippen LogP contribution in [0.1, 0.15) is 46.0 Å². The van der Waals surface area contributed by atoms with E-state index in [-0.39, 0.29) is 63.8 Å². The zero-order valence-corrected chi connectivity index (χ0v) is 27.2.